The first-order chi connectivity index (χ1) is 28.4. The number of esters is 3. The number of carbonyl (C=O) groups excluding carboxylic acids is 3. The Morgan fingerprint density at radius 3 is 0.845 bits per heavy atom. The molecular weight excluding hydrogens is 721 g/mol. The fraction of sp³-hybridized carbons (Fsp3) is 0.942. The van der Waals surface area contributed by atoms with Gasteiger partial charge in [-0.15, -0.1) is 0 Å². The molecule has 0 aromatic rings. The average Bonchev–Trinajstić information content (AvgIpc) is 3.21. The summed E-state index contributed by atoms with van der Waals surface area (Å²) in [6, 6.07) is 0. The largest absolute Gasteiger partial charge is 0.462 e. The van der Waals surface area contributed by atoms with Crippen LogP contribution in [0.5, 0.6) is 0 Å². The summed E-state index contributed by atoms with van der Waals surface area (Å²) in [5.41, 5.74) is 0. The van der Waals surface area contributed by atoms with Gasteiger partial charge in [-0.05, 0) is 25.2 Å². The van der Waals surface area contributed by atoms with E-state index in [1.54, 1.807) is 0 Å². The van der Waals surface area contributed by atoms with Gasteiger partial charge in [0.05, 0.1) is 0 Å². The first-order valence-corrected chi connectivity index (χ1v) is 25.9. The Morgan fingerprint density at radius 1 is 0.328 bits per heavy atom. The maximum absolute atomic E-state index is 12.8. The van der Waals surface area contributed by atoms with Gasteiger partial charge < -0.3 is 14.2 Å². The van der Waals surface area contributed by atoms with Crippen LogP contribution in [0, 0.1) is 5.92 Å². The second-order valence-corrected chi connectivity index (χ2v) is 18.3. The van der Waals surface area contributed by atoms with E-state index in [1.807, 2.05) is 0 Å². The number of carbonyl (C=O) groups is 3. The van der Waals surface area contributed by atoms with Crippen LogP contribution in [0.3, 0.4) is 0 Å². The van der Waals surface area contributed by atoms with Gasteiger partial charge in [-0.1, -0.05) is 252 Å². The maximum Gasteiger partial charge on any atom is 0.306 e. The number of ether oxygens (including phenoxy) is 3. The molecular formula is C52H100O6. The highest BCUT2D eigenvalue weighted by molar-refractivity contribution is 5.71. The summed E-state index contributed by atoms with van der Waals surface area (Å²) in [6.45, 7) is 9.02. The number of rotatable bonds is 47. The highest BCUT2D eigenvalue weighted by atomic mass is 16.6. The molecule has 1 atom stereocenters. The van der Waals surface area contributed by atoms with E-state index in [2.05, 4.69) is 27.7 Å². The molecule has 0 aliphatic rings. The van der Waals surface area contributed by atoms with Crippen molar-refractivity contribution in [1.29, 1.82) is 0 Å². The molecule has 0 saturated heterocycles. The van der Waals surface area contributed by atoms with Crippen LogP contribution in [-0.2, 0) is 28.6 Å². The summed E-state index contributed by atoms with van der Waals surface area (Å²) in [5, 5.41) is 0. The average molecular weight is 821 g/mol. The summed E-state index contributed by atoms with van der Waals surface area (Å²) in [4.78, 5) is 37.9. The topological polar surface area (TPSA) is 78.9 Å². The lowest BCUT2D eigenvalue weighted by Crippen LogP contribution is -2.30. The Labute approximate surface area is 361 Å². The van der Waals surface area contributed by atoms with Gasteiger partial charge in [0.15, 0.2) is 6.10 Å². The number of hydrogen-bond acceptors (Lipinski definition) is 6. The Balaban J connectivity index is 4.31. The first-order valence-electron chi connectivity index (χ1n) is 25.9. The Hall–Kier alpha value is -1.59. The van der Waals surface area contributed by atoms with Crippen LogP contribution < -0.4 is 0 Å². The van der Waals surface area contributed by atoms with Gasteiger partial charge in [-0.3, -0.25) is 14.4 Å². The minimum atomic E-state index is -0.760. The molecule has 0 unspecified atom stereocenters. The van der Waals surface area contributed by atoms with Gasteiger partial charge in [-0.25, -0.2) is 0 Å². The first kappa shape index (κ1) is 56.4. The minimum Gasteiger partial charge on any atom is -0.462 e. The summed E-state index contributed by atoms with van der Waals surface area (Å²) < 4.78 is 16.8. The molecule has 0 aliphatic heterocycles. The molecule has 0 fully saturated rings. The monoisotopic (exact) mass is 821 g/mol. The third-order valence-corrected chi connectivity index (χ3v) is 11.8. The molecule has 0 amide bonds. The van der Waals surface area contributed by atoms with Crippen LogP contribution in [0.15, 0.2) is 0 Å². The molecule has 0 aromatic heterocycles. The fourth-order valence-electron chi connectivity index (χ4n) is 7.86. The SMILES string of the molecule is CCCCCCCCCCCCCCCCC(=O)OC[C@H](COC(=O)CCCCCCCCCCCCC(C)C)OC(=O)CCCCCCCCCCCCCCC. The van der Waals surface area contributed by atoms with Crippen LogP contribution in [0.25, 0.3) is 0 Å². The van der Waals surface area contributed by atoms with E-state index < -0.39 is 6.10 Å². The Bertz CT molecular complexity index is 872. The van der Waals surface area contributed by atoms with E-state index >= 15 is 0 Å². The van der Waals surface area contributed by atoms with Crippen molar-refractivity contribution in [3.8, 4) is 0 Å². The zero-order chi connectivity index (χ0) is 42.4. The van der Waals surface area contributed by atoms with E-state index in [9.17, 15) is 14.4 Å². The van der Waals surface area contributed by atoms with Crippen molar-refractivity contribution in [3.63, 3.8) is 0 Å². The Kier molecular flexibility index (Phi) is 45.2. The lowest BCUT2D eigenvalue weighted by molar-refractivity contribution is -0.167. The van der Waals surface area contributed by atoms with Gasteiger partial charge in [-0.2, -0.15) is 0 Å². The van der Waals surface area contributed by atoms with E-state index in [-0.39, 0.29) is 31.1 Å². The standard InChI is InChI=1S/C52H100O6/c1-5-7-9-11-13-15-17-19-21-22-27-31-35-39-43-50(53)56-46-49(58-52(55)45-41-37-33-29-23-20-18-16-14-12-10-8-6-2)47-57-51(54)44-40-36-32-28-25-24-26-30-34-38-42-48(3)4/h48-49H,5-47H2,1-4H3/t49-/m1/s1. The van der Waals surface area contributed by atoms with Gasteiger partial charge in [0, 0.05) is 19.3 Å². The zero-order valence-corrected chi connectivity index (χ0v) is 39.5. The van der Waals surface area contributed by atoms with Crippen LogP contribution in [0.4, 0.5) is 0 Å². The molecule has 344 valence electrons. The van der Waals surface area contributed by atoms with Gasteiger partial charge in [0.1, 0.15) is 13.2 Å². The van der Waals surface area contributed by atoms with E-state index in [0.717, 1.165) is 63.7 Å². The molecule has 0 saturated carbocycles. The van der Waals surface area contributed by atoms with E-state index in [1.165, 1.54) is 186 Å². The molecule has 0 heterocycles. The van der Waals surface area contributed by atoms with Crippen molar-refractivity contribution in [2.45, 2.75) is 297 Å². The van der Waals surface area contributed by atoms with E-state index in [4.69, 9.17) is 14.2 Å². The van der Waals surface area contributed by atoms with Crippen molar-refractivity contribution in [3.05, 3.63) is 0 Å². The number of unbranched alkanes of at least 4 members (excludes halogenated alkanes) is 34. The van der Waals surface area contributed by atoms with Crippen molar-refractivity contribution >= 4 is 17.9 Å². The number of hydrogen-bond donors (Lipinski definition) is 0. The van der Waals surface area contributed by atoms with Crippen LogP contribution in [0.1, 0.15) is 291 Å². The van der Waals surface area contributed by atoms with Gasteiger partial charge in [0.25, 0.3) is 0 Å². The third-order valence-electron chi connectivity index (χ3n) is 11.8. The molecule has 0 N–H and O–H groups in total. The minimum absolute atomic E-state index is 0.0627. The lowest BCUT2D eigenvalue weighted by atomic mass is 10.0. The van der Waals surface area contributed by atoms with Crippen molar-refractivity contribution < 1.29 is 28.6 Å². The second kappa shape index (κ2) is 46.5. The normalized spacial score (nSPS) is 11.9. The summed E-state index contributed by atoms with van der Waals surface area (Å²) in [7, 11) is 0. The maximum atomic E-state index is 12.8. The molecule has 0 spiro atoms. The van der Waals surface area contributed by atoms with Crippen LogP contribution >= 0.6 is 0 Å². The molecule has 0 radical (unpaired) electrons. The van der Waals surface area contributed by atoms with E-state index in [0.29, 0.717) is 19.3 Å². The molecule has 6 nitrogen and oxygen atoms in total. The molecule has 58 heavy (non-hydrogen) atoms. The van der Waals surface area contributed by atoms with Gasteiger partial charge >= 0.3 is 17.9 Å². The molecule has 0 rings (SSSR count). The quantitative estimate of drug-likeness (QED) is 0.0346. The molecule has 6 heteroatoms. The highest BCUT2D eigenvalue weighted by Crippen LogP contribution is 2.17. The smallest absolute Gasteiger partial charge is 0.306 e. The van der Waals surface area contributed by atoms with Crippen LogP contribution in [-0.4, -0.2) is 37.2 Å². The fourth-order valence-corrected chi connectivity index (χ4v) is 7.86. The van der Waals surface area contributed by atoms with Crippen LogP contribution in [0.2, 0.25) is 0 Å². The highest BCUT2D eigenvalue weighted by Gasteiger charge is 2.19. The Morgan fingerprint density at radius 2 is 0.569 bits per heavy atom. The van der Waals surface area contributed by atoms with Crippen molar-refractivity contribution in [2.75, 3.05) is 13.2 Å². The van der Waals surface area contributed by atoms with Crippen molar-refractivity contribution in [2.24, 2.45) is 5.92 Å². The molecule has 0 aliphatic carbocycles. The lowest BCUT2D eigenvalue weighted by Gasteiger charge is -2.18. The second-order valence-electron chi connectivity index (χ2n) is 18.3. The van der Waals surface area contributed by atoms with Crippen molar-refractivity contribution in [1.82, 2.24) is 0 Å². The third kappa shape index (κ3) is 45.5. The summed E-state index contributed by atoms with van der Waals surface area (Å²) in [6.07, 6.45) is 48.0. The predicted molar refractivity (Wildman–Crippen MR) is 247 cm³/mol. The molecule has 0 aromatic carbocycles. The predicted octanol–water partition coefficient (Wildman–Crippen LogP) is 16.7. The summed E-state index contributed by atoms with van der Waals surface area (Å²) >= 11 is 0. The summed E-state index contributed by atoms with van der Waals surface area (Å²) in [5.74, 6) is -0.0256. The zero-order valence-electron chi connectivity index (χ0n) is 39.5. The van der Waals surface area contributed by atoms with Gasteiger partial charge in [0.2, 0.25) is 0 Å². The molecule has 0 bridgehead atoms.